The van der Waals surface area contributed by atoms with Crippen molar-refractivity contribution in [3.63, 3.8) is 0 Å². The van der Waals surface area contributed by atoms with Gasteiger partial charge in [-0.3, -0.25) is 0 Å². The normalized spacial score (nSPS) is 14.6. The van der Waals surface area contributed by atoms with Crippen molar-refractivity contribution in [2.24, 2.45) is 5.92 Å². The quantitative estimate of drug-likeness (QED) is 0.738. The van der Waals surface area contributed by atoms with E-state index in [2.05, 4.69) is 73.8 Å². The third-order valence-electron chi connectivity index (χ3n) is 3.38. The van der Waals surface area contributed by atoms with Gasteiger partial charge in [-0.2, -0.15) is 0 Å². The molecule has 0 fully saturated rings. The minimum absolute atomic E-state index is 0.492. The molecule has 2 heteroatoms. The maximum absolute atomic E-state index is 3.70. The van der Waals surface area contributed by atoms with Gasteiger partial charge in [0.1, 0.15) is 0 Å². The fourth-order valence-corrected chi connectivity index (χ4v) is 2.76. The molecule has 0 aliphatic heterocycles. The molecule has 0 aromatic heterocycles. The summed E-state index contributed by atoms with van der Waals surface area (Å²) in [5.41, 5.74) is 2.85. The van der Waals surface area contributed by atoms with E-state index in [4.69, 9.17) is 0 Å². The summed E-state index contributed by atoms with van der Waals surface area (Å²) in [6.45, 7) is 10.1. The molecule has 0 radical (unpaired) electrons. The zero-order chi connectivity index (χ0) is 12.8. The average Bonchev–Trinajstić information content (AvgIpc) is 2.34. The number of aryl methyl sites for hydroxylation is 1. The van der Waals surface area contributed by atoms with Gasteiger partial charge in [0.2, 0.25) is 0 Å². The Morgan fingerprint density at radius 2 is 2.00 bits per heavy atom. The van der Waals surface area contributed by atoms with Crippen LogP contribution >= 0.6 is 22.6 Å². The van der Waals surface area contributed by atoms with E-state index in [1.54, 1.807) is 0 Å². The van der Waals surface area contributed by atoms with Gasteiger partial charge in [0.05, 0.1) is 0 Å². The molecular formula is C15H24IN. The molecule has 96 valence electrons. The molecule has 2 atom stereocenters. The van der Waals surface area contributed by atoms with E-state index in [0.29, 0.717) is 12.0 Å². The van der Waals surface area contributed by atoms with Crippen molar-refractivity contribution in [2.45, 2.75) is 46.6 Å². The van der Waals surface area contributed by atoms with Gasteiger partial charge in [0.15, 0.2) is 0 Å². The highest BCUT2D eigenvalue weighted by Crippen LogP contribution is 2.29. The van der Waals surface area contributed by atoms with E-state index < -0.39 is 0 Å². The van der Waals surface area contributed by atoms with Gasteiger partial charge in [0.25, 0.3) is 0 Å². The molecule has 1 aromatic carbocycles. The lowest BCUT2D eigenvalue weighted by Gasteiger charge is -2.26. The van der Waals surface area contributed by atoms with Crippen LogP contribution in [0.2, 0.25) is 0 Å². The van der Waals surface area contributed by atoms with Crippen LogP contribution in [0.15, 0.2) is 18.2 Å². The van der Waals surface area contributed by atoms with E-state index in [-0.39, 0.29) is 0 Å². The molecule has 1 rings (SSSR count). The van der Waals surface area contributed by atoms with E-state index in [1.165, 1.54) is 27.5 Å². The van der Waals surface area contributed by atoms with Gasteiger partial charge in [-0.05, 0) is 59.5 Å². The summed E-state index contributed by atoms with van der Waals surface area (Å²) in [6.07, 6.45) is 2.40. The molecule has 0 aliphatic rings. The van der Waals surface area contributed by atoms with Crippen LogP contribution in [0.4, 0.5) is 0 Å². The van der Waals surface area contributed by atoms with Gasteiger partial charge in [0, 0.05) is 9.61 Å². The van der Waals surface area contributed by atoms with Crippen LogP contribution in [-0.2, 0) is 0 Å². The maximum atomic E-state index is 3.70. The molecule has 17 heavy (non-hydrogen) atoms. The minimum atomic E-state index is 0.492. The van der Waals surface area contributed by atoms with Gasteiger partial charge < -0.3 is 5.32 Å². The molecule has 0 saturated heterocycles. The second-order valence-electron chi connectivity index (χ2n) is 4.80. The monoisotopic (exact) mass is 345 g/mol. The first-order valence-electron chi connectivity index (χ1n) is 6.60. The van der Waals surface area contributed by atoms with E-state index in [9.17, 15) is 0 Å². The Bertz CT molecular complexity index is 349. The standard InChI is InChI=1S/C15H24IN/c1-5-10-17-15(11(3)6-2)13-9-7-8-12(4)14(13)16/h7-9,11,15,17H,5-6,10H2,1-4H3. The number of rotatable bonds is 6. The maximum Gasteiger partial charge on any atom is 0.0356 e. The molecular weight excluding hydrogens is 321 g/mol. The molecule has 1 nitrogen and oxygen atoms in total. The van der Waals surface area contributed by atoms with E-state index in [1.807, 2.05) is 0 Å². The second-order valence-corrected chi connectivity index (χ2v) is 5.87. The Morgan fingerprint density at radius 3 is 2.59 bits per heavy atom. The highest BCUT2D eigenvalue weighted by molar-refractivity contribution is 14.1. The van der Waals surface area contributed by atoms with Crippen molar-refractivity contribution in [2.75, 3.05) is 6.54 Å². The lowest BCUT2D eigenvalue weighted by atomic mass is 9.91. The van der Waals surface area contributed by atoms with Crippen molar-refractivity contribution in [1.29, 1.82) is 0 Å². The number of benzene rings is 1. The van der Waals surface area contributed by atoms with Crippen molar-refractivity contribution < 1.29 is 0 Å². The van der Waals surface area contributed by atoms with Crippen LogP contribution in [0.1, 0.15) is 50.8 Å². The molecule has 0 amide bonds. The third kappa shape index (κ3) is 3.95. The molecule has 1 N–H and O–H groups in total. The average molecular weight is 345 g/mol. The highest BCUT2D eigenvalue weighted by atomic mass is 127. The smallest absolute Gasteiger partial charge is 0.0356 e. The predicted octanol–water partition coefficient (Wildman–Crippen LogP) is 4.69. The first-order chi connectivity index (χ1) is 8.11. The van der Waals surface area contributed by atoms with Crippen molar-refractivity contribution in [3.05, 3.63) is 32.9 Å². The Balaban J connectivity index is 2.99. The molecule has 0 aliphatic carbocycles. The Hall–Kier alpha value is -0.0900. The zero-order valence-electron chi connectivity index (χ0n) is 11.4. The topological polar surface area (TPSA) is 12.0 Å². The largest absolute Gasteiger partial charge is 0.310 e. The summed E-state index contributed by atoms with van der Waals surface area (Å²) in [7, 11) is 0. The van der Waals surface area contributed by atoms with Gasteiger partial charge in [-0.1, -0.05) is 45.4 Å². The lowest BCUT2D eigenvalue weighted by molar-refractivity contribution is 0.376. The summed E-state index contributed by atoms with van der Waals surface area (Å²) < 4.78 is 1.42. The van der Waals surface area contributed by atoms with Crippen LogP contribution in [0.5, 0.6) is 0 Å². The van der Waals surface area contributed by atoms with Crippen molar-refractivity contribution in [1.82, 2.24) is 5.32 Å². The second kappa shape index (κ2) is 7.37. The van der Waals surface area contributed by atoms with Crippen molar-refractivity contribution >= 4 is 22.6 Å². The van der Waals surface area contributed by atoms with E-state index >= 15 is 0 Å². The Morgan fingerprint density at radius 1 is 1.29 bits per heavy atom. The van der Waals surface area contributed by atoms with Gasteiger partial charge >= 0.3 is 0 Å². The highest BCUT2D eigenvalue weighted by Gasteiger charge is 2.19. The fraction of sp³-hybridized carbons (Fsp3) is 0.600. The molecule has 0 bridgehead atoms. The van der Waals surface area contributed by atoms with Crippen LogP contribution in [-0.4, -0.2) is 6.54 Å². The number of halogens is 1. The molecule has 0 spiro atoms. The molecule has 0 heterocycles. The zero-order valence-corrected chi connectivity index (χ0v) is 13.5. The first kappa shape index (κ1) is 15.0. The summed E-state index contributed by atoms with van der Waals surface area (Å²) in [4.78, 5) is 0. The number of hydrogen-bond donors (Lipinski definition) is 1. The third-order valence-corrected chi connectivity index (χ3v) is 4.86. The first-order valence-corrected chi connectivity index (χ1v) is 7.68. The summed E-state index contributed by atoms with van der Waals surface area (Å²) in [5, 5.41) is 3.70. The Labute approximate surface area is 120 Å². The van der Waals surface area contributed by atoms with Gasteiger partial charge in [-0.15, -0.1) is 0 Å². The lowest BCUT2D eigenvalue weighted by Crippen LogP contribution is -2.28. The molecule has 0 saturated carbocycles. The fourth-order valence-electron chi connectivity index (χ4n) is 2.06. The number of hydrogen-bond acceptors (Lipinski definition) is 1. The summed E-state index contributed by atoms with van der Waals surface area (Å²) in [5.74, 6) is 0.678. The van der Waals surface area contributed by atoms with Crippen LogP contribution in [0, 0.1) is 16.4 Å². The van der Waals surface area contributed by atoms with Crippen LogP contribution in [0.25, 0.3) is 0 Å². The predicted molar refractivity (Wildman–Crippen MR) is 84.4 cm³/mol. The van der Waals surface area contributed by atoms with Crippen molar-refractivity contribution in [3.8, 4) is 0 Å². The summed E-state index contributed by atoms with van der Waals surface area (Å²) >= 11 is 2.48. The van der Waals surface area contributed by atoms with E-state index in [0.717, 1.165) is 6.54 Å². The Kier molecular flexibility index (Phi) is 6.49. The number of nitrogens with one attached hydrogen (secondary N) is 1. The van der Waals surface area contributed by atoms with Crippen LogP contribution in [0.3, 0.4) is 0 Å². The van der Waals surface area contributed by atoms with Gasteiger partial charge in [-0.25, -0.2) is 0 Å². The molecule has 2 unspecified atom stereocenters. The minimum Gasteiger partial charge on any atom is -0.310 e. The summed E-state index contributed by atoms with van der Waals surface area (Å²) in [6, 6.07) is 7.13. The SMILES string of the molecule is CCCNC(c1cccc(C)c1I)C(C)CC. The van der Waals surface area contributed by atoms with Crippen LogP contribution < -0.4 is 5.32 Å². The molecule has 1 aromatic rings.